The molecule has 1 heterocycles. The molecule has 0 radical (unpaired) electrons. The normalized spacial score (nSPS) is 18.0. The van der Waals surface area contributed by atoms with Crippen LogP contribution in [0, 0.1) is 6.92 Å². The molecule has 2 aromatic rings. The number of anilines is 1. The number of benzene rings is 2. The molecule has 2 amide bonds. The van der Waals surface area contributed by atoms with Gasteiger partial charge in [0.25, 0.3) is 0 Å². The minimum Gasteiger partial charge on any atom is -0.353 e. The monoisotopic (exact) mass is 387 g/mol. The van der Waals surface area contributed by atoms with Crippen LogP contribution in [0.2, 0.25) is 0 Å². The molecule has 2 N–H and O–H groups in total. The standard InChI is InChI=1S/C19H21N3O4S/c1-13-5-3-4-6-17(13)18-19(24)20-11-12-22(18)27(25,26)16-9-7-15(8-10-16)21-14(2)23/h3-10,18H,11-12H2,1-2H3,(H,20,24)(H,21,23). The van der Waals surface area contributed by atoms with E-state index in [1.54, 1.807) is 12.1 Å². The van der Waals surface area contributed by atoms with Crippen molar-refractivity contribution in [3.8, 4) is 0 Å². The van der Waals surface area contributed by atoms with Gasteiger partial charge in [-0.1, -0.05) is 24.3 Å². The maximum Gasteiger partial charge on any atom is 0.244 e. The van der Waals surface area contributed by atoms with Gasteiger partial charge in [0.15, 0.2) is 0 Å². The van der Waals surface area contributed by atoms with Crippen molar-refractivity contribution in [2.75, 3.05) is 18.4 Å². The molecule has 142 valence electrons. The Labute approximate surface area is 158 Å². The van der Waals surface area contributed by atoms with Crippen molar-refractivity contribution in [1.82, 2.24) is 9.62 Å². The molecule has 1 saturated heterocycles. The molecular weight excluding hydrogens is 366 g/mol. The second kappa shape index (κ2) is 7.50. The first kappa shape index (κ1) is 19.1. The van der Waals surface area contributed by atoms with Crippen LogP contribution in [0.4, 0.5) is 5.69 Å². The Morgan fingerprint density at radius 1 is 1.15 bits per heavy atom. The van der Waals surface area contributed by atoms with Gasteiger partial charge in [0, 0.05) is 25.7 Å². The number of carbonyl (C=O) groups is 2. The molecule has 7 nitrogen and oxygen atoms in total. The van der Waals surface area contributed by atoms with E-state index in [1.165, 1.54) is 35.5 Å². The topological polar surface area (TPSA) is 95.6 Å². The lowest BCUT2D eigenvalue weighted by molar-refractivity contribution is -0.127. The number of hydrogen-bond donors (Lipinski definition) is 2. The summed E-state index contributed by atoms with van der Waals surface area (Å²) in [5.41, 5.74) is 2.02. The number of amides is 2. The van der Waals surface area contributed by atoms with E-state index in [9.17, 15) is 18.0 Å². The predicted octanol–water partition coefficient (Wildman–Crippen LogP) is 1.82. The van der Waals surface area contributed by atoms with E-state index in [1.807, 2.05) is 19.1 Å². The lowest BCUT2D eigenvalue weighted by Crippen LogP contribution is -2.52. The molecule has 27 heavy (non-hydrogen) atoms. The van der Waals surface area contributed by atoms with Gasteiger partial charge in [-0.05, 0) is 42.3 Å². The predicted molar refractivity (Wildman–Crippen MR) is 102 cm³/mol. The van der Waals surface area contributed by atoms with Gasteiger partial charge < -0.3 is 10.6 Å². The fraction of sp³-hybridized carbons (Fsp3) is 0.263. The van der Waals surface area contributed by atoms with Gasteiger partial charge in [0.2, 0.25) is 21.8 Å². The third-order valence-electron chi connectivity index (χ3n) is 4.43. The molecule has 0 spiro atoms. The Hall–Kier alpha value is -2.71. The van der Waals surface area contributed by atoms with Crippen molar-refractivity contribution < 1.29 is 18.0 Å². The van der Waals surface area contributed by atoms with Crippen LogP contribution < -0.4 is 10.6 Å². The van der Waals surface area contributed by atoms with Crippen LogP contribution in [-0.2, 0) is 19.6 Å². The van der Waals surface area contributed by atoms with Crippen molar-refractivity contribution in [3.63, 3.8) is 0 Å². The summed E-state index contributed by atoms with van der Waals surface area (Å²) >= 11 is 0. The highest BCUT2D eigenvalue weighted by atomic mass is 32.2. The summed E-state index contributed by atoms with van der Waals surface area (Å²) in [6.07, 6.45) is 0. The van der Waals surface area contributed by atoms with Gasteiger partial charge in [-0.3, -0.25) is 9.59 Å². The van der Waals surface area contributed by atoms with Gasteiger partial charge in [0.05, 0.1) is 4.90 Å². The zero-order valence-electron chi connectivity index (χ0n) is 15.1. The molecular formula is C19H21N3O4S. The number of aryl methyl sites for hydroxylation is 1. The molecule has 2 aromatic carbocycles. The van der Waals surface area contributed by atoms with Crippen molar-refractivity contribution in [1.29, 1.82) is 0 Å². The summed E-state index contributed by atoms with van der Waals surface area (Å²) in [5.74, 6) is -0.577. The number of piperazine rings is 1. The van der Waals surface area contributed by atoms with Gasteiger partial charge in [-0.15, -0.1) is 0 Å². The van der Waals surface area contributed by atoms with E-state index in [4.69, 9.17) is 0 Å². The average Bonchev–Trinajstić information content (AvgIpc) is 2.62. The van der Waals surface area contributed by atoms with Crippen LogP contribution in [-0.4, -0.2) is 37.6 Å². The van der Waals surface area contributed by atoms with Crippen LogP contribution in [0.5, 0.6) is 0 Å². The smallest absolute Gasteiger partial charge is 0.244 e. The molecule has 1 aliphatic rings. The fourth-order valence-electron chi connectivity index (χ4n) is 3.14. The van der Waals surface area contributed by atoms with E-state index in [2.05, 4.69) is 10.6 Å². The molecule has 0 bridgehead atoms. The lowest BCUT2D eigenvalue weighted by Gasteiger charge is -2.35. The van der Waals surface area contributed by atoms with Gasteiger partial charge in [0.1, 0.15) is 6.04 Å². The number of sulfonamides is 1. The molecule has 8 heteroatoms. The maximum atomic E-state index is 13.2. The van der Waals surface area contributed by atoms with E-state index in [0.717, 1.165) is 5.56 Å². The van der Waals surface area contributed by atoms with Crippen LogP contribution >= 0.6 is 0 Å². The van der Waals surface area contributed by atoms with Crippen LogP contribution in [0.1, 0.15) is 24.1 Å². The van der Waals surface area contributed by atoms with Crippen molar-refractivity contribution in [2.24, 2.45) is 0 Å². The summed E-state index contributed by atoms with van der Waals surface area (Å²) in [6, 6.07) is 12.3. The molecule has 1 fully saturated rings. The molecule has 3 rings (SSSR count). The Morgan fingerprint density at radius 3 is 2.44 bits per heavy atom. The van der Waals surface area contributed by atoms with Crippen LogP contribution in [0.15, 0.2) is 53.4 Å². The second-order valence-corrected chi connectivity index (χ2v) is 8.26. The Morgan fingerprint density at radius 2 is 1.81 bits per heavy atom. The molecule has 1 atom stereocenters. The van der Waals surface area contributed by atoms with Crippen LogP contribution in [0.3, 0.4) is 0 Å². The van der Waals surface area contributed by atoms with E-state index >= 15 is 0 Å². The minimum absolute atomic E-state index is 0.0740. The second-order valence-electron chi connectivity index (χ2n) is 6.37. The lowest BCUT2D eigenvalue weighted by atomic mass is 9.99. The fourth-order valence-corrected chi connectivity index (χ4v) is 4.71. The number of rotatable bonds is 4. The molecule has 0 saturated carbocycles. The average molecular weight is 387 g/mol. The van der Waals surface area contributed by atoms with E-state index < -0.39 is 16.1 Å². The zero-order chi connectivity index (χ0) is 19.6. The molecule has 0 aliphatic carbocycles. The number of nitrogens with zero attached hydrogens (tertiary/aromatic N) is 1. The molecule has 1 unspecified atom stereocenters. The Bertz CT molecular complexity index is 971. The highest BCUT2D eigenvalue weighted by molar-refractivity contribution is 7.89. The highest BCUT2D eigenvalue weighted by Crippen LogP contribution is 2.31. The SMILES string of the molecule is CC(=O)Nc1ccc(S(=O)(=O)N2CCNC(=O)C2c2ccccc2C)cc1. The minimum atomic E-state index is -3.89. The van der Waals surface area contributed by atoms with Crippen molar-refractivity contribution in [3.05, 3.63) is 59.7 Å². The highest BCUT2D eigenvalue weighted by Gasteiger charge is 2.40. The zero-order valence-corrected chi connectivity index (χ0v) is 15.9. The summed E-state index contributed by atoms with van der Waals surface area (Å²) in [6.45, 7) is 3.67. The first-order chi connectivity index (χ1) is 12.8. The van der Waals surface area contributed by atoms with Crippen molar-refractivity contribution in [2.45, 2.75) is 24.8 Å². The third-order valence-corrected chi connectivity index (χ3v) is 6.31. The first-order valence-electron chi connectivity index (χ1n) is 8.53. The van der Waals surface area contributed by atoms with Crippen LogP contribution in [0.25, 0.3) is 0 Å². The number of nitrogens with one attached hydrogen (secondary N) is 2. The molecule has 1 aliphatic heterocycles. The third kappa shape index (κ3) is 3.86. The molecule has 0 aromatic heterocycles. The van der Waals surface area contributed by atoms with E-state index in [-0.39, 0.29) is 29.8 Å². The quantitative estimate of drug-likeness (QED) is 0.836. The first-order valence-corrected chi connectivity index (χ1v) is 9.97. The summed E-state index contributed by atoms with van der Waals surface area (Å²) in [4.78, 5) is 23.7. The van der Waals surface area contributed by atoms with E-state index in [0.29, 0.717) is 11.3 Å². The summed E-state index contributed by atoms with van der Waals surface area (Å²) < 4.78 is 27.7. The number of carbonyl (C=O) groups excluding carboxylic acids is 2. The summed E-state index contributed by atoms with van der Waals surface area (Å²) in [7, 11) is -3.89. The Balaban J connectivity index is 1.99. The van der Waals surface area contributed by atoms with Gasteiger partial charge in [-0.2, -0.15) is 4.31 Å². The largest absolute Gasteiger partial charge is 0.353 e. The maximum absolute atomic E-state index is 13.2. The summed E-state index contributed by atoms with van der Waals surface area (Å²) in [5, 5.41) is 5.35. The number of hydrogen-bond acceptors (Lipinski definition) is 4. The van der Waals surface area contributed by atoms with Crippen molar-refractivity contribution >= 4 is 27.5 Å². The Kier molecular flexibility index (Phi) is 5.29. The van der Waals surface area contributed by atoms with Gasteiger partial charge >= 0.3 is 0 Å². The van der Waals surface area contributed by atoms with Gasteiger partial charge in [-0.25, -0.2) is 8.42 Å².